The molecule has 0 unspecified atom stereocenters. The van der Waals surface area contributed by atoms with Gasteiger partial charge in [-0.3, -0.25) is 0 Å². The van der Waals surface area contributed by atoms with Crippen LogP contribution in [-0.4, -0.2) is 12.6 Å². The van der Waals surface area contributed by atoms with Crippen molar-refractivity contribution in [2.45, 2.75) is 53.1 Å². The Hall–Kier alpha value is -1.16. The molecule has 5 heteroatoms. The number of nitrogens with one attached hydrogen (secondary N) is 1. The molecule has 0 atom stereocenters. The smallest absolute Gasteiger partial charge is 0.137 e. The zero-order valence-electron chi connectivity index (χ0n) is 15.9. The molecule has 2 rings (SSSR count). The van der Waals surface area contributed by atoms with E-state index in [9.17, 15) is 0 Å². The molecule has 1 N–H and O–H groups in total. The van der Waals surface area contributed by atoms with Gasteiger partial charge in [0, 0.05) is 11.1 Å². The van der Waals surface area contributed by atoms with Crippen molar-refractivity contribution in [1.29, 1.82) is 0 Å². The number of halogens is 2. The summed E-state index contributed by atoms with van der Waals surface area (Å²) in [4.78, 5) is 0. The summed E-state index contributed by atoms with van der Waals surface area (Å²) >= 11 is 6.19. The second-order valence-corrected chi connectivity index (χ2v) is 8.50. The van der Waals surface area contributed by atoms with Crippen LogP contribution in [0.1, 0.15) is 46.8 Å². The quantitative estimate of drug-likeness (QED) is 0.630. The van der Waals surface area contributed by atoms with Gasteiger partial charge in [0.05, 0.1) is 18.7 Å². The highest BCUT2D eigenvalue weighted by Crippen LogP contribution is 2.31. The summed E-state index contributed by atoms with van der Waals surface area (Å²) in [5, 5.41) is 4.17. The predicted octanol–water partition coefficient (Wildman–Crippen LogP) is 6.33. The molecule has 0 fully saturated rings. The van der Waals surface area contributed by atoms with Gasteiger partial charge in [-0.1, -0.05) is 32.4 Å². The molecule has 0 saturated heterocycles. The normalized spacial score (nSPS) is 12.0. The van der Waals surface area contributed by atoms with Gasteiger partial charge in [-0.15, -0.1) is 12.4 Å². The van der Waals surface area contributed by atoms with E-state index in [1.165, 1.54) is 0 Å². The molecule has 0 saturated carbocycles. The van der Waals surface area contributed by atoms with E-state index < -0.39 is 0 Å². The van der Waals surface area contributed by atoms with Crippen LogP contribution in [0.15, 0.2) is 34.7 Å². The number of hydrogen-bond acceptors (Lipinski definition) is 3. The van der Waals surface area contributed by atoms with E-state index in [1.807, 2.05) is 30.3 Å². The van der Waals surface area contributed by atoms with Crippen molar-refractivity contribution in [2.24, 2.45) is 5.41 Å². The maximum absolute atomic E-state index is 6.19. The van der Waals surface area contributed by atoms with Gasteiger partial charge >= 0.3 is 0 Å². The first-order valence-corrected chi connectivity index (χ1v) is 8.65. The van der Waals surface area contributed by atoms with Crippen LogP contribution >= 0.6 is 24.0 Å². The molecule has 2 aromatic rings. The minimum atomic E-state index is 0. The molecule has 0 radical (unpaired) electrons. The highest BCUT2D eigenvalue weighted by atomic mass is 35.5. The average Bonchev–Trinajstić information content (AvgIpc) is 2.91. The van der Waals surface area contributed by atoms with Crippen LogP contribution in [0.3, 0.4) is 0 Å². The van der Waals surface area contributed by atoms with Crippen LogP contribution in [0.4, 0.5) is 0 Å². The molecule has 0 spiro atoms. The highest BCUT2D eigenvalue weighted by Gasteiger charge is 2.25. The van der Waals surface area contributed by atoms with E-state index in [-0.39, 0.29) is 23.4 Å². The van der Waals surface area contributed by atoms with Gasteiger partial charge in [-0.2, -0.15) is 0 Å². The largest absolute Gasteiger partial charge is 0.495 e. The molecule has 3 nitrogen and oxygen atoms in total. The van der Waals surface area contributed by atoms with Gasteiger partial charge in [0.2, 0.25) is 0 Å². The van der Waals surface area contributed by atoms with Gasteiger partial charge in [0.15, 0.2) is 0 Å². The van der Waals surface area contributed by atoms with Gasteiger partial charge in [-0.05, 0) is 56.0 Å². The lowest BCUT2D eigenvalue weighted by atomic mass is 9.82. The zero-order valence-corrected chi connectivity index (χ0v) is 17.5. The Morgan fingerprint density at radius 1 is 1.08 bits per heavy atom. The molecule has 140 valence electrons. The van der Waals surface area contributed by atoms with Crippen molar-refractivity contribution in [3.8, 4) is 17.1 Å². The van der Waals surface area contributed by atoms with Gasteiger partial charge in [0.1, 0.15) is 17.3 Å². The first kappa shape index (κ1) is 21.9. The molecular formula is C20H29Cl2NO2. The van der Waals surface area contributed by atoms with Crippen molar-refractivity contribution in [1.82, 2.24) is 5.32 Å². The number of benzene rings is 1. The second-order valence-electron chi connectivity index (χ2n) is 8.09. The molecule has 0 aliphatic carbocycles. The summed E-state index contributed by atoms with van der Waals surface area (Å²) in [6.45, 7) is 11.9. The van der Waals surface area contributed by atoms with Crippen LogP contribution in [0.5, 0.6) is 5.75 Å². The fraction of sp³-hybridized carbons (Fsp3) is 0.500. The predicted molar refractivity (Wildman–Crippen MR) is 108 cm³/mol. The maximum atomic E-state index is 6.19. The fourth-order valence-corrected chi connectivity index (χ4v) is 3.42. The van der Waals surface area contributed by atoms with Crippen molar-refractivity contribution < 1.29 is 9.15 Å². The molecule has 1 aromatic heterocycles. The van der Waals surface area contributed by atoms with E-state index in [1.54, 1.807) is 7.11 Å². The summed E-state index contributed by atoms with van der Waals surface area (Å²) in [5.74, 6) is 2.39. The molecular weight excluding hydrogens is 357 g/mol. The highest BCUT2D eigenvalue weighted by molar-refractivity contribution is 6.32. The third kappa shape index (κ3) is 6.58. The first-order valence-electron chi connectivity index (χ1n) is 8.27. The fourth-order valence-electron chi connectivity index (χ4n) is 3.16. The van der Waals surface area contributed by atoms with Crippen LogP contribution in [0.2, 0.25) is 5.02 Å². The lowest BCUT2D eigenvalue weighted by Crippen LogP contribution is -2.41. The van der Waals surface area contributed by atoms with Crippen molar-refractivity contribution in [3.63, 3.8) is 0 Å². The minimum Gasteiger partial charge on any atom is -0.495 e. The van der Waals surface area contributed by atoms with Gasteiger partial charge < -0.3 is 14.5 Å². The Morgan fingerprint density at radius 2 is 1.76 bits per heavy atom. The minimum absolute atomic E-state index is 0. The average molecular weight is 386 g/mol. The van der Waals surface area contributed by atoms with Crippen molar-refractivity contribution in [3.05, 3.63) is 41.1 Å². The molecule has 0 aliphatic heterocycles. The number of rotatable bonds is 6. The monoisotopic (exact) mass is 385 g/mol. The van der Waals surface area contributed by atoms with E-state index in [0.29, 0.717) is 17.3 Å². The summed E-state index contributed by atoms with van der Waals surface area (Å²) in [5.41, 5.74) is 1.28. The van der Waals surface area contributed by atoms with Crippen LogP contribution in [0.25, 0.3) is 11.3 Å². The standard InChI is InChI=1S/C20H28ClNO2.ClH/c1-19(2,3)13-20(4,5)22-12-15-8-10-17(24-15)14-7-9-18(23-6)16(21)11-14;/h7-11,22H,12-13H2,1-6H3;1H. The maximum Gasteiger partial charge on any atom is 0.137 e. The summed E-state index contributed by atoms with van der Waals surface area (Å²) in [6.07, 6.45) is 1.08. The Labute approximate surface area is 162 Å². The number of hydrogen-bond donors (Lipinski definition) is 1. The molecule has 0 aliphatic rings. The number of furan rings is 1. The molecule has 25 heavy (non-hydrogen) atoms. The SMILES string of the molecule is COc1ccc(-c2ccc(CNC(C)(C)CC(C)(C)C)o2)cc1Cl.Cl. The molecule has 1 aromatic carbocycles. The van der Waals surface area contributed by atoms with Crippen LogP contribution in [0, 0.1) is 5.41 Å². The summed E-state index contributed by atoms with van der Waals surface area (Å²) in [6, 6.07) is 9.65. The van der Waals surface area contributed by atoms with E-state index in [4.69, 9.17) is 20.8 Å². The lowest BCUT2D eigenvalue weighted by molar-refractivity contribution is 0.236. The van der Waals surface area contributed by atoms with E-state index in [2.05, 4.69) is 39.9 Å². The Balaban J connectivity index is 0.00000312. The molecule has 0 bridgehead atoms. The van der Waals surface area contributed by atoms with E-state index >= 15 is 0 Å². The molecule has 0 amide bonds. The Bertz CT molecular complexity index is 687. The third-order valence-electron chi connectivity index (χ3n) is 3.81. The summed E-state index contributed by atoms with van der Waals surface area (Å²) in [7, 11) is 1.61. The first-order chi connectivity index (χ1) is 11.1. The Morgan fingerprint density at radius 3 is 2.32 bits per heavy atom. The van der Waals surface area contributed by atoms with Crippen molar-refractivity contribution in [2.75, 3.05) is 7.11 Å². The van der Waals surface area contributed by atoms with Crippen LogP contribution in [-0.2, 0) is 6.54 Å². The van der Waals surface area contributed by atoms with Crippen LogP contribution < -0.4 is 10.1 Å². The topological polar surface area (TPSA) is 34.4 Å². The van der Waals surface area contributed by atoms with Crippen molar-refractivity contribution >= 4 is 24.0 Å². The number of methoxy groups -OCH3 is 1. The third-order valence-corrected chi connectivity index (χ3v) is 4.11. The number of ether oxygens (including phenoxy) is 1. The van der Waals surface area contributed by atoms with Gasteiger partial charge in [-0.25, -0.2) is 0 Å². The van der Waals surface area contributed by atoms with E-state index in [0.717, 1.165) is 23.5 Å². The molecule has 1 heterocycles. The van der Waals surface area contributed by atoms with Gasteiger partial charge in [0.25, 0.3) is 0 Å². The second kappa shape index (κ2) is 8.48. The Kier molecular flexibility index (Phi) is 7.42. The lowest BCUT2D eigenvalue weighted by Gasteiger charge is -2.33. The summed E-state index contributed by atoms with van der Waals surface area (Å²) < 4.78 is 11.1. The zero-order chi connectivity index (χ0) is 18.0.